The van der Waals surface area contributed by atoms with Gasteiger partial charge in [-0.25, -0.2) is 0 Å². The minimum Gasteiger partial charge on any atom is -0.493 e. The summed E-state index contributed by atoms with van der Waals surface area (Å²) in [6.45, 7) is 5.25. The predicted octanol–water partition coefficient (Wildman–Crippen LogP) is 5.38. The van der Waals surface area contributed by atoms with Crippen LogP contribution >= 0.6 is 12.4 Å². The van der Waals surface area contributed by atoms with Crippen LogP contribution in [0.3, 0.4) is 0 Å². The Labute approximate surface area is 244 Å². The van der Waals surface area contributed by atoms with Crippen molar-refractivity contribution in [1.82, 2.24) is 9.80 Å². The molecule has 0 saturated carbocycles. The van der Waals surface area contributed by atoms with E-state index in [1.54, 1.807) is 35.5 Å². The van der Waals surface area contributed by atoms with Crippen molar-refractivity contribution in [2.24, 2.45) is 0 Å². The Balaban J connectivity index is 0.00000441. The molecule has 220 valence electrons. The van der Waals surface area contributed by atoms with Gasteiger partial charge in [-0.3, -0.25) is 9.69 Å². The molecular weight excluding hydrogens is 532 g/mol. The molecule has 1 aliphatic heterocycles. The number of benzene rings is 2. The van der Waals surface area contributed by atoms with Crippen LogP contribution in [0.2, 0.25) is 0 Å². The van der Waals surface area contributed by atoms with Gasteiger partial charge in [0.25, 0.3) is 0 Å². The summed E-state index contributed by atoms with van der Waals surface area (Å²) in [6.07, 6.45) is 6.65. The lowest BCUT2D eigenvalue weighted by Crippen LogP contribution is -2.55. The number of fused-ring (bicyclic) bond motifs is 1. The number of carbonyl (C=O) groups excluding carboxylic acids is 1. The first-order chi connectivity index (χ1) is 19.0. The SMILES string of the molecule is CCCC1CN(Cc2cc(OC)c(OC)c(OC)c2)CCN1C(=O)C1=Cc2cc(OC)c(OC)cc2CCC1.Cl. The van der Waals surface area contributed by atoms with Gasteiger partial charge in [0.15, 0.2) is 23.0 Å². The fourth-order valence-corrected chi connectivity index (χ4v) is 5.77. The highest BCUT2D eigenvalue weighted by Crippen LogP contribution is 2.39. The molecule has 1 atom stereocenters. The Morgan fingerprint density at radius 1 is 0.850 bits per heavy atom. The fourth-order valence-electron chi connectivity index (χ4n) is 5.77. The zero-order valence-corrected chi connectivity index (χ0v) is 25.4. The minimum atomic E-state index is 0. The molecule has 9 heteroatoms. The highest BCUT2D eigenvalue weighted by molar-refractivity contribution is 5.98. The maximum absolute atomic E-state index is 13.9. The zero-order chi connectivity index (χ0) is 27.9. The van der Waals surface area contributed by atoms with Gasteiger partial charge in [-0.05, 0) is 72.7 Å². The Hall–Kier alpha value is -3.10. The summed E-state index contributed by atoms with van der Waals surface area (Å²) < 4.78 is 27.6. The number of ether oxygens (including phenoxy) is 5. The molecule has 4 rings (SSSR count). The molecule has 0 aromatic heterocycles. The van der Waals surface area contributed by atoms with Crippen LogP contribution in [0.1, 0.15) is 49.3 Å². The van der Waals surface area contributed by atoms with Crippen molar-refractivity contribution < 1.29 is 28.5 Å². The summed E-state index contributed by atoms with van der Waals surface area (Å²) in [4.78, 5) is 18.4. The number of carbonyl (C=O) groups is 1. The van der Waals surface area contributed by atoms with Crippen molar-refractivity contribution in [3.8, 4) is 28.7 Å². The lowest BCUT2D eigenvalue weighted by atomic mass is 10.0. The van der Waals surface area contributed by atoms with Crippen molar-refractivity contribution in [3.63, 3.8) is 0 Å². The molecular formula is C31H43ClN2O6. The van der Waals surface area contributed by atoms with Crippen LogP contribution in [0.25, 0.3) is 6.08 Å². The molecule has 2 aliphatic rings. The molecule has 1 fully saturated rings. The second-order valence-electron chi connectivity index (χ2n) is 10.1. The smallest absolute Gasteiger partial charge is 0.250 e. The standard InChI is InChI=1S/C31H42N2O6.ClH/c1-7-9-25-20-32(19-21-14-28(37-4)30(39-6)29(15-21)38-5)12-13-33(25)31(34)23-11-8-10-22-17-26(35-2)27(36-3)18-24(22)16-23;/h14-18,25H,7-13,19-20H2,1-6H3;1H. The van der Waals surface area contributed by atoms with Gasteiger partial charge in [-0.2, -0.15) is 0 Å². The molecule has 40 heavy (non-hydrogen) atoms. The average molecular weight is 575 g/mol. The molecule has 2 aromatic carbocycles. The molecule has 1 aliphatic carbocycles. The lowest BCUT2D eigenvalue weighted by Gasteiger charge is -2.42. The second-order valence-corrected chi connectivity index (χ2v) is 10.1. The summed E-state index contributed by atoms with van der Waals surface area (Å²) >= 11 is 0. The Kier molecular flexibility index (Phi) is 11.4. The zero-order valence-electron chi connectivity index (χ0n) is 24.6. The summed E-state index contributed by atoms with van der Waals surface area (Å²) in [7, 11) is 8.18. The van der Waals surface area contributed by atoms with E-state index in [2.05, 4.69) is 22.8 Å². The summed E-state index contributed by atoms with van der Waals surface area (Å²) in [6, 6.07) is 8.20. The molecule has 1 heterocycles. The topological polar surface area (TPSA) is 69.7 Å². The Bertz CT molecular complexity index is 1180. The van der Waals surface area contributed by atoms with Crippen LogP contribution in [0.4, 0.5) is 0 Å². The van der Waals surface area contributed by atoms with Gasteiger partial charge in [-0.15, -0.1) is 12.4 Å². The van der Waals surface area contributed by atoms with Crippen LogP contribution in [0.15, 0.2) is 29.8 Å². The summed E-state index contributed by atoms with van der Waals surface area (Å²) in [5, 5.41) is 0. The van der Waals surface area contributed by atoms with Gasteiger partial charge in [0.05, 0.1) is 35.5 Å². The second kappa shape index (κ2) is 14.5. The van der Waals surface area contributed by atoms with Crippen LogP contribution in [-0.4, -0.2) is 76.9 Å². The monoisotopic (exact) mass is 574 g/mol. The van der Waals surface area contributed by atoms with E-state index in [1.165, 1.54) is 5.56 Å². The molecule has 2 aromatic rings. The van der Waals surface area contributed by atoms with Crippen molar-refractivity contribution in [1.29, 1.82) is 0 Å². The average Bonchev–Trinajstić information content (AvgIpc) is 3.17. The van der Waals surface area contributed by atoms with Gasteiger partial charge in [0, 0.05) is 37.8 Å². The first-order valence-electron chi connectivity index (χ1n) is 13.7. The largest absolute Gasteiger partial charge is 0.493 e. The number of halogens is 1. The highest BCUT2D eigenvalue weighted by Gasteiger charge is 2.32. The number of piperazine rings is 1. The fraction of sp³-hybridized carbons (Fsp3) is 0.516. The number of rotatable bonds is 10. The molecule has 0 bridgehead atoms. The number of hydrogen-bond donors (Lipinski definition) is 0. The molecule has 1 unspecified atom stereocenters. The third-order valence-corrected chi connectivity index (χ3v) is 7.72. The van der Waals surface area contributed by atoms with Gasteiger partial charge in [0.2, 0.25) is 11.7 Å². The van der Waals surface area contributed by atoms with E-state index in [9.17, 15) is 4.79 Å². The minimum absolute atomic E-state index is 0. The van der Waals surface area contributed by atoms with Crippen molar-refractivity contribution in [2.75, 3.05) is 55.2 Å². The third-order valence-electron chi connectivity index (χ3n) is 7.72. The number of hydrogen-bond acceptors (Lipinski definition) is 7. The first-order valence-corrected chi connectivity index (χ1v) is 13.7. The molecule has 1 amide bonds. The van der Waals surface area contributed by atoms with Gasteiger partial charge in [-0.1, -0.05) is 13.3 Å². The van der Waals surface area contributed by atoms with Crippen molar-refractivity contribution in [3.05, 3.63) is 46.5 Å². The van der Waals surface area contributed by atoms with E-state index < -0.39 is 0 Å². The third kappa shape index (κ3) is 6.78. The Morgan fingerprint density at radius 2 is 1.50 bits per heavy atom. The van der Waals surface area contributed by atoms with E-state index in [0.29, 0.717) is 29.5 Å². The number of methoxy groups -OCH3 is 5. The molecule has 0 N–H and O–H groups in total. The van der Waals surface area contributed by atoms with Crippen molar-refractivity contribution >= 4 is 24.4 Å². The highest BCUT2D eigenvalue weighted by atomic mass is 35.5. The molecule has 8 nitrogen and oxygen atoms in total. The number of nitrogens with zero attached hydrogens (tertiary/aromatic N) is 2. The van der Waals surface area contributed by atoms with Crippen LogP contribution in [0, 0.1) is 0 Å². The molecule has 0 spiro atoms. The molecule has 0 radical (unpaired) electrons. The normalized spacial score (nSPS) is 17.1. The van der Waals surface area contributed by atoms with Crippen molar-refractivity contribution in [2.45, 2.75) is 51.6 Å². The van der Waals surface area contributed by atoms with Gasteiger partial charge >= 0.3 is 0 Å². The van der Waals surface area contributed by atoms with Crippen LogP contribution in [0.5, 0.6) is 28.7 Å². The first kappa shape index (κ1) is 31.4. The van der Waals surface area contributed by atoms with E-state index >= 15 is 0 Å². The maximum atomic E-state index is 13.9. The van der Waals surface area contributed by atoms with E-state index in [1.807, 2.05) is 24.3 Å². The lowest BCUT2D eigenvalue weighted by molar-refractivity contribution is -0.132. The Morgan fingerprint density at radius 3 is 2.10 bits per heavy atom. The maximum Gasteiger partial charge on any atom is 0.250 e. The van der Waals surface area contributed by atoms with E-state index in [4.69, 9.17) is 23.7 Å². The molecule has 1 saturated heterocycles. The number of amides is 1. The van der Waals surface area contributed by atoms with Crippen LogP contribution in [-0.2, 0) is 17.8 Å². The van der Waals surface area contributed by atoms with Gasteiger partial charge in [0.1, 0.15) is 0 Å². The summed E-state index contributed by atoms with van der Waals surface area (Å²) in [5.74, 6) is 3.47. The predicted molar refractivity (Wildman–Crippen MR) is 159 cm³/mol. The quantitative estimate of drug-likeness (QED) is 0.377. The van der Waals surface area contributed by atoms with E-state index in [0.717, 1.165) is 74.2 Å². The number of aryl methyl sites for hydroxylation is 1. The van der Waals surface area contributed by atoms with Gasteiger partial charge < -0.3 is 28.6 Å². The van der Waals surface area contributed by atoms with E-state index in [-0.39, 0.29) is 24.4 Å². The van der Waals surface area contributed by atoms with Crippen LogP contribution < -0.4 is 23.7 Å². The summed E-state index contributed by atoms with van der Waals surface area (Å²) in [5.41, 5.74) is 4.20.